The number of rotatable bonds is 2. The van der Waals surface area contributed by atoms with Crippen LogP contribution in [0.4, 0.5) is 20.4 Å². The van der Waals surface area contributed by atoms with Crippen LogP contribution in [0, 0.1) is 18.6 Å². The van der Waals surface area contributed by atoms with Gasteiger partial charge < -0.3 is 10.3 Å². The summed E-state index contributed by atoms with van der Waals surface area (Å²) in [5, 5.41) is 4.93. The van der Waals surface area contributed by atoms with Crippen molar-refractivity contribution >= 4 is 58.0 Å². The molecule has 2 N–H and O–H groups in total. The van der Waals surface area contributed by atoms with E-state index >= 15 is 0 Å². The van der Waals surface area contributed by atoms with Gasteiger partial charge in [-0.25, -0.2) is 13.8 Å². The average Bonchev–Trinajstić information content (AvgIpc) is 2.88. The van der Waals surface area contributed by atoms with Crippen molar-refractivity contribution in [2.45, 2.75) is 6.92 Å². The molecule has 0 unspecified atom stereocenters. The third kappa shape index (κ3) is 2.59. The molecule has 3 nitrogen and oxygen atoms in total. The van der Waals surface area contributed by atoms with E-state index in [-0.39, 0.29) is 12.4 Å². The molecule has 0 aliphatic heterocycles. The van der Waals surface area contributed by atoms with Crippen molar-refractivity contribution in [3.05, 3.63) is 39.0 Å². The fourth-order valence-electron chi connectivity index (χ4n) is 1.74. The predicted molar refractivity (Wildman–Crippen MR) is 80.6 cm³/mol. The molecule has 0 amide bonds. The number of halogens is 4. The first-order valence-electron chi connectivity index (χ1n) is 5.40. The van der Waals surface area contributed by atoms with Gasteiger partial charge in [-0.2, -0.15) is 0 Å². The van der Waals surface area contributed by atoms with Gasteiger partial charge in [-0.3, -0.25) is 0 Å². The Morgan fingerprint density at radius 2 is 2.00 bits per heavy atom. The Labute approximate surface area is 128 Å². The predicted octanol–water partition coefficient (Wildman–Crippen LogP) is 5.03. The average molecular weight is 336 g/mol. The SMILES string of the molecule is Cc1csc(Cl)c1Nc1nc2cc(F)c(F)cc2[nH]1.Cl. The van der Waals surface area contributed by atoms with Gasteiger partial charge in [-0.15, -0.1) is 23.7 Å². The first kappa shape index (κ1) is 15.0. The summed E-state index contributed by atoms with van der Waals surface area (Å²) < 4.78 is 26.8. The summed E-state index contributed by atoms with van der Waals surface area (Å²) in [5.74, 6) is -1.44. The van der Waals surface area contributed by atoms with Gasteiger partial charge in [0.15, 0.2) is 11.6 Å². The molecule has 0 atom stereocenters. The van der Waals surface area contributed by atoms with E-state index < -0.39 is 11.6 Å². The number of aromatic nitrogens is 2. The van der Waals surface area contributed by atoms with Crippen LogP contribution < -0.4 is 5.32 Å². The molecule has 0 aliphatic rings. The van der Waals surface area contributed by atoms with Crippen molar-refractivity contribution in [3.63, 3.8) is 0 Å². The van der Waals surface area contributed by atoms with Crippen LogP contribution in [0.2, 0.25) is 4.34 Å². The number of benzene rings is 1. The standard InChI is InChI=1S/C12H8ClF2N3S.ClH/c1-5-4-19-11(13)10(5)18-12-16-8-2-6(14)7(15)3-9(8)17-12;/h2-4H,1H3,(H2,16,17,18);1H. The van der Waals surface area contributed by atoms with Crippen LogP contribution in [0.3, 0.4) is 0 Å². The highest BCUT2D eigenvalue weighted by Crippen LogP contribution is 2.34. The number of aryl methyl sites for hydroxylation is 1. The molecule has 20 heavy (non-hydrogen) atoms. The van der Waals surface area contributed by atoms with Crippen molar-refractivity contribution in [2.75, 3.05) is 5.32 Å². The zero-order chi connectivity index (χ0) is 13.6. The van der Waals surface area contributed by atoms with E-state index in [4.69, 9.17) is 11.6 Å². The minimum absolute atomic E-state index is 0. The number of anilines is 2. The number of hydrogen-bond acceptors (Lipinski definition) is 3. The molecule has 0 spiro atoms. The molecular weight excluding hydrogens is 327 g/mol. The van der Waals surface area contributed by atoms with E-state index in [0.29, 0.717) is 21.3 Å². The Kier molecular flexibility index (Phi) is 4.17. The smallest absolute Gasteiger partial charge is 0.205 e. The molecule has 0 saturated heterocycles. The van der Waals surface area contributed by atoms with Gasteiger partial charge in [0.05, 0.1) is 16.7 Å². The number of H-pyrrole nitrogens is 1. The maximum absolute atomic E-state index is 13.1. The lowest BCUT2D eigenvalue weighted by molar-refractivity contribution is 0.510. The number of thiophene rings is 1. The van der Waals surface area contributed by atoms with Crippen molar-refractivity contribution in [1.82, 2.24) is 9.97 Å². The Morgan fingerprint density at radius 1 is 1.30 bits per heavy atom. The molecule has 3 rings (SSSR count). The first-order valence-corrected chi connectivity index (χ1v) is 6.65. The second kappa shape index (κ2) is 5.55. The summed E-state index contributed by atoms with van der Waals surface area (Å²) in [6, 6.07) is 2.12. The first-order chi connectivity index (χ1) is 9.04. The van der Waals surface area contributed by atoms with Crippen LogP contribution in [-0.4, -0.2) is 9.97 Å². The van der Waals surface area contributed by atoms with E-state index in [1.807, 2.05) is 12.3 Å². The van der Waals surface area contributed by atoms with E-state index in [9.17, 15) is 8.78 Å². The molecule has 8 heteroatoms. The lowest BCUT2D eigenvalue weighted by Crippen LogP contribution is -1.92. The minimum atomic E-state index is -0.921. The molecule has 106 valence electrons. The van der Waals surface area contributed by atoms with Crippen molar-refractivity contribution < 1.29 is 8.78 Å². The molecular formula is C12H9Cl2F2N3S. The zero-order valence-electron chi connectivity index (χ0n) is 10.1. The van der Waals surface area contributed by atoms with Gasteiger partial charge in [0.1, 0.15) is 4.34 Å². The van der Waals surface area contributed by atoms with Crippen LogP contribution in [0.5, 0.6) is 0 Å². The summed E-state index contributed by atoms with van der Waals surface area (Å²) >= 11 is 7.44. The van der Waals surface area contributed by atoms with Crippen LogP contribution >= 0.6 is 35.3 Å². The van der Waals surface area contributed by atoms with Crippen molar-refractivity contribution in [3.8, 4) is 0 Å². The monoisotopic (exact) mass is 335 g/mol. The van der Waals surface area contributed by atoms with Crippen molar-refractivity contribution in [2.24, 2.45) is 0 Å². The maximum atomic E-state index is 13.1. The molecule has 0 aliphatic carbocycles. The van der Waals surface area contributed by atoms with E-state index in [2.05, 4.69) is 15.3 Å². The third-order valence-electron chi connectivity index (χ3n) is 2.70. The molecule has 0 saturated carbocycles. The molecule has 2 heterocycles. The Balaban J connectivity index is 0.00000147. The lowest BCUT2D eigenvalue weighted by atomic mass is 10.3. The Morgan fingerprint density at radius 3 is 2.65 bits per heavy atom. The normalized spacial score (nSPS) is 10.6. The van der Waals surface area contributed by atoms with Gasteiger partial charge >= 0.3 is 0 Å². The topological polar surface area (TPSA) is 40.7 Å². The van der Waals surface area contributed by atoms with Crippen LogP contribution in [-0.2, 0) is 0 Å². The number of nitrogens with zero attached hydrogens (tertiary/aromatic N) is 1. The van der Waals surface area contributed by atoms with Crippen LogP contribution in [0.1, 0.15) is 5.56 Å². The second-order valence-electron chi connectivity index (χ2n) is 4.06. The molecule has 0 fully saturated rings. The zero-order valence-corrected chi connectivity index (χ0v) is 12.5. The number of hydrogen-bond donors (Lipinski definition) is 2. The molecule has 1 aromatic carbocycles. The molecule has 3 aromatic rings. The number of nitrogens with one attached hydrogen (secondary N) is 2. The largest absolute Gasteiger partial charge is 0.324 e. The number of fused-ring (bicyclic) bond motifs is 1. The highest BCUT2D eigenvalue weighted by Gasteiger charge is 2.11. The number of aromatic amines is 1. The summed E-state index contributed by atoms with van der Waals surface area (Å²) in [4.78, 5) is 7.02. The third-order valence-corrected chi connectivity index (χ3v) is 4.04. The van der Waals surface area contributed by atoms with E-state index in [0.717, 1.165) is 23.4 Å². The van der Waals surface area contributed by atoms with Gasteiger partial charge in [-0.05, 0) is 17.9 Å². The van der Waals surface area contributed by atoms with Gasteiger partial charge in [0.25, 0.3) is 0 Å². The van der Waals surface area contributed by atoms with Gasteiger partial charge in [-0.1, -0.05) is 11.6 Å². The lowest BCUT2D eigenvalue weighted by Gasteiger charge is -2.01. The summed E-state index contributed by atoms with van der Waals surface area (Å²) in [7, 11) is 0. The van der Waals surface area contributed by atoms with E-state index in [1.165, 1.54) is 11.3 Å². The molecule has 0 radical (unpaired) electrons. The molecule has 2 aromatic heterocycles. The maximum Gasteiger partial charge on any atom is 0.205 e. The van der Waals surface area contributed by atoms with Crippen LogP contribution in [0.25, 0.3) is 11.0 Å². The van der Waals surface area contributed by atoms with E-state index in [1.54, 1.807) is 0 Å². The Bertz CT molecular complexity index is 711. The summed E-state index contributed by atoms with van der Waals surface area (Å²) in [6.07, 6.45) is 0. The minimum Gasteiger partial charge on any atom is -0.324 e. The summed E-state index contributed by atoms with van der Waals surface area (Å²) in [5.41, 5.74) is 2.50. The highest BCUT2D eigenvalue weighted by atomic mass is 35.5. The Hall–Kier alpha value is -1.37. The number of imidazole rings is 1. The van der Waals surface area contributed by atoms with Gasteiger partial charge in [0, 0.05) is 12.1 Å². The fraction of sp³-hybridized carbons (Fsp3) is 0.0833. The summed E-state index contributed by atoms with van der Waals surface area (Å²) in [6.45, 7) is 1.91. The highest BCUT2D eigenvalue weighted by molar-refractivity contribution is 7.15. The van der Waals surface area contributed by atoms with Gasteiger partial charge in [0.2, 0.25) is 5.95 Å². The molecule has 0 bridgehead atoms. The van der Waals surface area contributed by atoms with Crippen molar-refractivity contribution in [1.29, 1.82) is 0 Å². The second-order valence-corrected chi connectivity index (χ2v) is 5.54. The van der Waals surface area contributed by atoms with Crippen LogP contribution in [0.15, 0.2) is 17.5 Å². The fourth-order valence-corrected chi connectivity index (χ4v) is 2.80. The quantitative estimate of drug-likeness (QED) is 0.689.